The van der Waals surface area contributed by atoms with Gasteiger partial charge in [0.15, 0.2) is 5.16 Å². The van der Waals surface area contributed by atoms with E-state index in [1.165, 1.54) is 24.0 Å². The number of thioether (sulfide) groups is 1. The van der Waals surface area contributed by atoms with Crippen LogP contribution in [0.2, 0.25) is 0 Å². The summed E-state index contributed by atoms with van der Waals surface area (Å²) in [6.45, 7) is 0. The monoisotopic (exact) mass is 293 g/mol. The lowest BCUT2D eigenvalue weighted by Gasteiger charge is -1.95. The van der Waals surface area contributed by atoms with Gasteiger partial charge >= 0.3 is 6.01 Å². The van der Waals surface area contributed by atoms with Crippen LogP contribution in [0.15, 0.2) is 31.2 Å². The molecule has 0 aromatic carbocycles. The van der Waals surface area contributed by atoms with Crippen molar-refractivity contribution >= 4 is 17.8 Å². The zero-order valence-corrected chi connectivity index (χ0v) is 10.6. The predicted molar refractivity (Wildman–Crippen MR) is 66.4 cm³/mol. The Morgan fingerprint density at radius 1 is 1.40 bits per heavy atom. The quantitative estimate of drug-likeness (QED) is 0.499. The number of hydrogen-bond acceptors (Lipinski definition) is 10. The van der Waals surface area contributed by atoms with Crippen LogP contribution in [0, 0.1) is 0 Å². The number of hydrogen-bond donors (Lipinski definition) is 2. The normalized spacial score (nSPS) is 10.8. The molecule has 3 rings (SSSR count). The highest BCUT2D eigenvalue weighted by Gasteiger charge is 2.15. The van der Waals surface area contributed by atoms with Crippen molar-refractivity contribution in [2.24, 2.45) is 0 Å². The molecule has 102 valence electrons. The summed E-state index contributed by atoms with van der Waals surface area (Å²) in [6, 6.07) is 1.25. The highest BCUT2D eigenvalue weighted by Crippen LogP contribution is 2.19. The Bertz CT molecular complexity index is 779. The Kier molecular flexibility index (Phi) is 3.16. The van der Waals surface area contributed by atoms with Gasteiger partial charge in [-0.3, -0.25) is 4.79 Å². The zero-order valence-electron chi connectivity index (χ0n) is 9.81. The third kappa shape index (κ3) is 2.66. The Balaban J connectivity index is 1.70. The van der Waals surface area contributed by atoms with Crippen molar-refractivity contribution < 1.29 is 8.94 Å². The first kappa shape index (κ1) is 12.3. The largest absolute Gasteiger partial charge is 0.400 e. The molecular formula is C9H7N7O3S. The number of anilines is 1. The molecule has 0 spiro atoms. The van der Waals surface area contributed by atoms with E-state index >= 15 is 0 Å². The lowest BCUT2D eigenvalue weighted by Crippen LogP contribution is -2.05. The molecule has 0 aliphatic carbocycles. The molecule has 0 unspecified atom stereocenters. The summed E-state index contributed by atoms with van der Waals surface area (Å²) in [4.78, 5) is 21.7. The Hall–Kier alpha value is -2.69. The SMILES string of the molecule is Nc1nnc(-c2noc(CSc3nccc(=O)[nH]3)n2)o1. The number of rotatable bonds is 4. The number of H-pyrrole nitrogens is 1. The van der Waals surface area contributed by atoms with Gasteiger partial charge in [0.25, 0.3) is 17.3 Å². The molecule has 3 aromatic heterocycles. The van der Waals surface area contributed by atoms with E-state index in [1.54, 1.807) is 0 Å². The predicted octanol–water partition coefficient (Wildman–Crippen LogP) is 0.0774. The van der Waals surface area contributed by atoms with E-state index in [1.807, 2.05) is 0 Å². The van der Waals surface area contributed by atoms with E-state index in [9.17, 15) is 4.79 Å². The summed E-state index contributed by atoms with van der Waals surface area (Å²) in [5, 5.41) is 11.3. The fraction of sp³-hybridized carbons (Fsp3) is 0.111. The molecule has 3 N–H and O–H groups in total. The minimum absolute atomic E-state index is 0.0771. The van der Waals surface area contributed by atoms with Gasteiger partial charge in [0.2, 0.25) is 5.89 Å². The third-order valence-electron chi connectivity index (χ3n) is 2.08. The minimum atomic E-state index is -0.227. The van der Waals surface area contributed by atoms with Gasteiger partial charge in [0.05, 0.1) is 5.75 Å². The third-order valence-corrected chi connectivity index (χ3v) is 2.95. The van der Waals surface area contributed by atoms with Crippen LogP contribution in [-0.2, 0) is 5.75 Å². The van der Waals surface area contributed by atoms with Gasteiger partial charge in [-0.15, -0.1) is 5.10 Å². The molecule has 0 saturated carbocycles. The second-order valence-corrected chi connectivity index (χ2v) is 4.45. The Morgan fingerprint density at radius 2 is 2.30 bits per heavy atom. The Labute approximate surface area is 114 Å². The van der Waals surface area contributed by atoms with Crippen molar-refractivity contribution in [2.45, 2.75) is 10.9 Å². The maximum absolute atomic E-state index is 11.1. The molecular weight excluding hydrogens is 286 g/mol. The lowest BCUT2D eigenvalue weighted by molar-refractivity contribution is 0.390. The van der Waals surface area contributed by atoms with Crippen molar-refractivity contribution in [1.29, 1.82) is 0 Å². The van der Waals surface area contributed by atoms with Crippen LogP contribution >= 0.6 is 11.8 Å². The first-order valence-electron chi connectivity index (χ1n) is 5.31. The molecule has 0 amide bonds. The van der Waals surface area contributed by atoms with Crippen molar-refractivity contribution in [3.8, 4) is 11.7 Å². The van der Waals surface area contributed by atoms with Crippen LogP contribution in [0.4, 0.5) is 6.01 Å². The molecule has 0 atom stereocenters. The average molecular weight is 293 g/mol. The standard InChI is InChI=1S/C9H7N7O3S/c10-8-15-14-7(18-8)6-13-5(19-16-6)3-20-9-11-2-1-4(17)12-9/h1-2H,3H2,(H2,10,15)(H,11,12,17). The molecule has 0 saturated heterocycles. The van der Waals surface area contributed by atoms with Crippen molar-refractivity contribution in [2.75, 3.05) is 5.73 Å². The summed E-state index contributed by atoms with van der Waals surface area (Å²) < 4.78 is 9.98. The van der Waals surface area contributed by atoms with E-state index in [2.05, 4.69) is 30.3 Å². The molecule has 0 aliphatic rings. The lowest BCUT2D eigenvalue weighted by atomic mass is 10.6. The van der Waals surface area contributed by atoms with Crippen molar-refractivity contribution in [3.63, 3.8) is 0 Å². The van der Waals surface area contributed by atoms with E-state index in [0.29, 0.717) is 16.8 Å². The topological polar surface area (TPSA) is 150 Å². The maximum atomic E-state index is 11.1. The summed E-state index contributed by atoms with van der Waals surface area (Å²) in [5.74, 6) is 0.894. The van der Waals surface area contributed by atoms with E-state index in [4.69, 9.17) is 14.7 Å². The number of aromatic amines is 1. The molecule has 10 nitrogen and oxygen atoms in total. The summed E-state index contributed by atoms with van der Waals surface area (Å²) in [6.07, 6.45) is 1.42. The van der Waals surface area contributed by atoms with Crippen LogP contribution in [0.1, 0.15) is 5.89 Å². The molecule has 0 radical (unpaired) electrons. The zero-order chi connectivity index (χ0) is 13.9. The second-order valence-electron chi connectivity index (χ2n) is 3.49. The van der Waals surface area contributed by atoms with Crippen LogP contribution in [0.5, 0.6) is 0 Å². The number of nitrogens with zero attached hydrogens (tertiary/aromatic N) is 5. The number of nitrogen functional groups attached to an aromatic ring is 1. The fourth-order valence-corrected chi connectivity index (χ4v) is 1.97. The first-order valence-corrected chi connectivity index (χ1v) is 6.29. The van der Waals surface area contributed by atoms with Crippen LogP contribution in [0.3, 0.4) is 0 Å². The molecule has 11 heteroatoms. The number of nitrogens with two attached hydrogens (primary N) is 1. The maximum Gasteiger partial charge on any atom is 0.313 e. The minimum Gasteiger partial charge on any atom is -0.400 e. The average Bonchev–Trinajstić information content (AvgIpc) is 3.05. The summed E-state index contributed by atoms with van der Waals surface area (Å²) in [5.41, 5.74) is 5.07. The Morgan fingerprint density at radius 3 is 3.05 bits per heavy atom. The number of aromatic nitrogens is 6. The van der Waals surface area contributed by atoms with Gasteiger partial charge in [0.1, 0.15) is 0 Å². The van der Waals surface area contributed by atoms with Crippen molar-refractivity contribution in [3.05, 3.63) is 28.5 Å². The summed E-state index contributed by atoms with van der Waals surface area (Å²) >= 11 is 1.25. The highest BCUT2D eigenvalue weighted by atomic mass is 32.2. The van der Waals surface area contributed by atoms with Gasteiger partial charge in [-0.2, -0.15) is 4.98 Å². The fourth-order valence-electron chi connectivity index (χ4n) is 1.28. The molecule has 3 heterocycles. The smallest absolute Gasteiger partial charge is 0.313 e. The van der Waals surface area contributed by atoms with E-state index in [0.717, 1.165) is 0 Å². The van der Waals surface area contributed by atoms with Crippen LogP contribution in [0.25, 0.3) is 11.7 Å². The number of nitrogens with one attached hydrogen (secondary N) is 1. The molecule has 20 heavy (non-hydrogen) atoms. The molecule has 3 aromatic rings. The van der Waals surface area contributed by atoms with Gasteiger partial charge in [-0.25, -0.2) is 4.98 Å². The summed E-state index contributed by atoms with van der Waals surface area (Å²) in [7, 11) is 0. The van der Waals surface area contributed by atoms with Gasteiger partial charge in [-0.1, -0.05) is 22.0 Å². The van der Waals surface area contributed by atoms with Crippen LogP contribution < -0.4 is 11.3 Å². The van der Waals surface area contributed by atoms with Gasteiger partial charge in [-0.05, 0) is 0 Å². The van der Waals surface area contributed by atoms with Crippen LogP contribution in [-0.4, -0.2) is 30.3 Å². The van der Waals surface area contributed by atoms with Gasteiger partial charge in [0, 0.05) is 12.3 Å². The van der Waals surface area contributed by atoms with E-state index in [-0.39, 0.29) is 23.3 Å². The first-order chi connectivity index (χ1) is 9.70. The van der Waals surface area contributed by atoms with Crippen molar-refractivity contribution in [1.82, 2.24) is 30.3 Å². The molecule has 0 bridgehead atoms. The molecule has 0 fully saturated rings. The molecule has 0 aliphatic heterocycles. The van der Waals surface area contributed by atoms with Gasteiger partial charge < -0.3 is 19.7 Å². The van der Waals surface area contributed by atoms with E-state index < -0.39 is 0 Å². The second kappa shape index (κ2) is 5.13. The highest BCUT2D eigenvalue weighted by molar-refractivity contribution is 7.98.